The number of hydrogen-bond donors (Lipinski definition) is 2. The number of carbonyl (C=O) groups is 2. The zero-order valence-corrected chi connectivity index (χ0v) is 12.1. The SMILES string of the molecule is O=C(O)[C@@H]1CC=CC[C@H]1C(=O)Nc1ccc(Br)cc1F. The Morgan fingerprint density at radius 1 is 1.25 bits per heavy atom. The summed E-state index contributed by atoms with van der Waals surface area (Å²) in [5.41, 5.74) is 0.0527. The van der Waals surface area contributed by atoms with E-state index in [1.54, 1.807) is 18.2 Å². The number of hydrogen-bond acceptors (Lipinski definition) is 2. The van der Waals surface area contributed by atoms with E-state index < -0.39 is 29.5 Å². The van der Waals surface area contributed by atoms with Crippen LogP contribution in [-0.4, -0.2) is 17.0 Å². The molecular weight excluding hydrogens is 329 g/mol. The molecule has 2 atom stereocenters. The van der Waals surface area contributed by atoms with E-state index in [1.165, 1.54) is 12.1 Å². The molecule has 0 unspecified atom stereocenters. The lowest BCUT2D eigenvalue weighted by molar-refractivity contribution is -0.146. The van der Waals surface area contributed by atoms with Crippen molar-refractivity contribution in [3.8, 4) is 0 Å². The first kappa shape index (κ1) is 14.7. The Morgan fingerprint density at radius 3 is 2.50 bits per heavy atom. The molecule has 1 aliphatic carbocycles. The molecule has 0 saturated heterocycles. The third-order valence-electron chi connectivity index (χ3n) is 3.28. The third-order valence-corrected chi connectivity index (χ3v) is 3.77. The van der Waals surface area contributed by atoms with Crippen LogP contribution < -0.4 is 5.32 Å². The summed E-state index contributed by atoms with van der Waals surface area (Å²) in [7, 11) is 0. The smallest absolute Gasteiger partial charge is 0.307 e. The number of nitrogens with one attached hydrogen (secondary N) is 1. The van der Waals surface area contributed by atoms with Crippen molar-refractivity contribution in [2.75, 3.05) is 5.32 Å². The second-order valence-corrected chi connectivity index (χ2v) is 5.52. The van der Waals surface area contributed by atoms with Gasteiger partial charge in [0, 0.05) is 4.47 Å². The molecule has 1 amide bonds. The zero-order valence-electron chi connectivity index (χ0n) is 10.5. The van der Waals surface area contributed by atoms with Gasteiger partial charge in [-0.05, 0) is 31.0 Å². The predicted molar refractivity (Wildman–Crippen MR) is 75.7 cm³/mol. The van der Waals surface area contributed by atoms with Crippen LogP contribution >= 0.6 is 15.9 Å². The van der Waals surface area contributed by atoms with Gasteiger partial charge in [0.15, 0.2) is 0 Å². The molecule has 1 aliphatic rings. The summed E-state index contributed by atoms with van der Waals surface area (Å²) in [5, 5.41) is 11.6. The molecular formula is C14H13BrFNO3. The minimum absolute atomic E-state index is 0.0527. The first-order chi connectivity index (χ1) is 9.49. The van der Waals surface area contributed by atoms with Crippen molar-refractivity contribution < 1.29 is 19.1 Å². The normalized spacial score (nSPS) is 21.5. The summed E-state index contributed by atoms with van der Waals surface area (Å²) >= 11 is 3.13. The minimum atomic E-state index is -1.01. The number of aliphatic carboxylic acids is 1. The van der Waals surface area contributed by atoms with Crippen LogP contribution in [0.3, 0.4) is 0 Å². The highest BCUT2D eigenvalue weighted by Crippen LogP contribution is 2.28. The third kappa shape index (κ3) is 3.25. The van der Waals surface area contributed by atoms with E-state index in [-0.39, 0.29) is 5.69 Å². The average molecular weight is 342 g/mol. The Balaban J connectivity index is 2.14. The van der Waals surface area contributed by atoms with Crippen LogP contribution in [0.15, 0.2) is 34.8 Å². The standard InChI is InChI=1S/C14H13BrFNO3/c15-8-5-6-12(11(16)7-8)17-13(18)9-3-1-2-4-10(9)14(19)20/h1-2,5-7,9-10H,3-4H2,(H,17,18)(H,19,20)/t9-,10-/m1/s1. The first-order valence-corrected chi connectivity index (χ1v) is 6.92. The number of anilines is 1. The minimum Gasteiger partial charge on any atom is -0.481 e. The molecule has 0 aliphatic heterocycles. The molecule has 0 radical (unpaired) electrons. The van der Waals surface area contributed by atoms with Crippen LogP contribution in [0.25, 0.3) is 0 Å². The summed E-state index contributed by atoms with van der Waals surface area (Å²) in [5.74, 6) is -3.49. The summed E-state index contributed by atoms with van der Waals surface area (Å²) in [4.78, 5) is 23.3. The lowest BCUT2D eigenvalue weighted by atomic mass is 9.82. The molecule has 1 aromatic carbocycles. The quantitative estimate of drug-likeness (QED) is 0.829. The molecule has 106 valence electrons. The monoisotopic (exact) mass is 341 g/mol. The summed E-state index contributed by atoms with van der Waals surface area (Å²) < 4.78 is 14.2. The fourth-order valence-electron chi connectivity index (χ4n) is 2.19. The highest BCUT2D eigenvalue weighted by Gasteiger charge is 2.34. The number of carboxylic acid groups (broad SMARTS) is 1. The molecule has 1 aromatic rings. The number of carboxylic acids is 1. The van der Waals surface area contributed by atoms with Crippen molar-refractivity contribution in [2.24, 2.45) is 11.8 Å². The number of rotatable bonds is 3. The van der Waals surface area contributed by atoms with E-state index >= 15 is 0 Å². The van der Waals surface area contributed by atoms with E-state index in [1.807, 2.05) is 0 Å². The van der Waals surface area contributed by atoms with E-state index in [2.05, 4.69) is 21.2 Å². The second-order valence-electron chi connectivity index (χ2n) is 4.61. The molecule has 0 aromatic heterocycles. The van der Waals surface area contributed by atoms with Gasteiger partial charge in [-0.1, -0.05) is 28.1 Å². The highest BCUT2D eigenvalue weighted by atomic mass is 79.9. The largest absolute Gasteiger partial charge is 0.481 e. The van der Waals surface area contributed by atoms with Crippen LogP contribution in [-0.2, 0) is 9.59 Å². The number of halogens is 2. The maximum atomic E-state index is 13.7. The Morgan fingerprint density at radius 2 is 1.90 bits per heavy atom. The highest BCUT2D eigenvalue weighted by molar-refractivity contribution is 9.10. The van der Waals surface area contributed by atoms with Crippen LogP contribution in [0, 0.1) is 17.7 Å². The summed E-state index contributed by atoms with van der Waals surface area (Å²) in [6.45, 7) is 0. The van der Waals surface area contributed by atoms with Crippen molar-refractivity contribution in [3.63, 3.8) is 0 Å². The summed E-state index contributed by atoms with van der Waals surface area (Å²) in [6, 6.07) is 4.28. The maximum absolute atomic E-state index is 13.7. The van der Waals surface area contributed by atoms with Crippen molar-refractivity contribution in [2.45, 2.75) is 12.8 Å². The Kier molecular flexibility index (Phi) is 4.54. The van der Waals surface area contributed by atoms with E-state index in [9.17, 15) is 14.0 Å². The second kappa shape index (κ2) is 6.17. The molecule has 0 heterocycles. The van der Waals surface area contributed by atoms with Crippen LogP contribution in [0.5, 0.6) is 0 Å². The molecule has 0 bridgehead atoms. The summed E-state index contributed by atoms with van der Waals surface area (Å²) in [6.07, 6.45) is 4.20. The molecule has 0 fully saturated rings. The lowest BCUT2D eigenvalue weighted by Crippen LogP contribution is -2.34. The van der Waals surface area contributed by atoms with Crippen LogP contribution in [0.1, 0.15) is 12.8 Å². The average Bonchev–Trinajstić information content (AvgIpc) is 2.41. The molecule has 6 heteroatoms. The first-order valence-electron chi connectivity index (χ1n) is 6.12. The van der Waals surface area contributed by atoms with Gasteiger partial charge in [-0.2, -0.15) is 0 Å². The van der Waals surface area contributed by atoms with Gasteiger partial charge in [-0.3, -0.25) is 9.59 Å². The van der Waals surface area contributed by atoms with Gasteiger partial charge in [-0.25, -0.2) is 4.39 Å². The van der Waals surface area contributed by atoms with Gasteiger partial charge < -0.3 is 10.4 Å². The number of carbonyl (C=O) groups excluding carboxylic acids is 1. The van der Waals surface area contributed by atoms with Crippen LogP contribution in [0.2, 0.25) is 0 Å². The number of amides is 1. The Bertz CT molecular complexity index is 574. The molecule has 0 saturated carbocycles. The molecule has 2 rings (SSSR count). The van der Waals surface area contributed by atoms with Crippen molar-refractivity contribution >= 4 is 33.5 Å². The molecule has 0 spiro atoms. The fourth-order valence-corrected chi connectivity index (χ4v) is 2.53. The van der Waals surface area contributed by atoms with Gasteiger partial charge in [0.05, 0.1) is 17.5 Å². The topological polar surface area (TPSA) is 66.4 Å². The van der Waals surface area contributed by atoms with Crippen molar-refractivity contribution in [1.82, 2.24) is 0 Å². The van der Waals surface area contributed by atoms with Crippen molar-refractivity contribution in [1.29, 1.82) is 0 Å². The van der Waals surface area contributed by atoms with Gasteiger partial charge >= 0.3 is 5.97 Å². The fraction of sp³-hybridized carbons (Fsp3) is 0.286. The maximum Gasteiger partial charge on any atom is 0.307 e. The van der Waals surface area contributed by atoms with E-state index in [4.69, 9.17) is 5.11 Å². The Hall–Kier alpha value is -1.69. The van der Waals surface area contributed by atoms with Crippen LogP contribution in [0.4, 0.5) is 10.1 Å². The van der Waals surface area contributed by atoms with E-state index in [0.717, 1.165) is 0 Å². The molecule has 4 nitrogen and oxygen atoms in total. The Labute approximate surface area is 123 Å². The van der Waals surface area contributed by atoms with Gasteiger partial charge in [0.1, 0.15) is 5.82 Å². The number of benzene rings is 1. The molecule has 20 heavy (non-hydrogen) atoms. The van der Waals surface area contributed by atoms with Crippen molar-refractivity contribution in [3.05, 3.63) is 40.6 Å². The van der Waals surface area contributed by atoms with Gasteiger partial charge in [-0.15, -0.1) is 0 Å². The predicted octanol–water partition coefficient (Wildman–Crippen LogP) is 3.19. The van der Waals surface area contributed by atoms with Gasteiger partial charge in [0.2, 0.25) is 5.91 Å². The number of allylic oxidation sites excluding steroid dienone is 2. The van der Waals surface area contributed by atoms with Gasteiger partial charge in [0.25, 0.3) is 0 Å². The lowest BCUT2D eigenvalue weighted by Gasteiger charge is -2.24. The molecule has 2 N–H and O–H groups in total. The zero-order chi connectivity index (χ0) is 14.7. The van der Waals surface area contributed by atoms with E-state index in [0.29, 0.717) is 17.3 Å².